The van der Waals surface area contributed by atoms with Gasteiger partial charge in [0, 0.05) is 5.69 Å². The number of anilines is 1. The van der Waals surface area contributed by atoms with Crippen LogP contribution in [0.4, 0.5) is 5.69 Å². The molecule has 0 fully saturated rings. The molecule has 0 unspecified atom stereocenters. The lowest BCUT2D eigenvalue weighted by molar-refractivity contribution is 0.392. The Bertz CT molecular complexity index is 939. The van der Waals surface area contributed by atoms with Gasteiger partial charge in [-0.1, -0.05) is 47.0 Å². The van der Waals surface area contributed by atoms with Crippen molar-refractivity contribution in [2.45, 2.75) is 13.8 Å². The first-order chi connectivity index (χ1) is 13.4. The van der Waals surface area contributed by atoms with Crippen molar-refractivity contribution in [3.05, 3.63) is 82.9 Å². The third-order valence-electron chi connectivity index (χ3n) is 3.91. The summed E-state index contributed by atoms with van der Waals surface area (Å²) < 4.78 is 30.2. The van der Waals surface area contributed by atoms with Crippen molar-refractivity contribution in [1.29, 1.82) is 0 Å². The summed E-state index contributed by atoms with van der Waals surface area (Å²) in [4.78, 5) is 0. The lowest BCUT2D eigenvalue weighted by Gasteiger charge is -2.21. The summed E-state index contributed by atoms with van der Waals surface area (Å²) in [5.74, 6) is 1.36. The molecule has 5 nitrogen and oxygen atoms in total. The Kier molecular flexibility index (Phi) is 6.18. The molecule has 0 spiro atoms. The molecular formula is C21H21ClNO4P. The van der Waals surface area contributed by atoms with Crippen LogP contribution >= 0.6 is 19.3 Å². The minimum absolute atomic E-state index is 0.379. The summed E-state index contributed by atoms with van der Waals surface area (Å²) in [6, 6.07) is 19.4. The summed E-state index contributed by atoms with van der Waals surface area (Å²) in [7, 11) is -2.28. The topological polar surface area (TPSA) is 56.8 Å². The fraction of sp³-hybridized carbons (Fsp3) is 0.143. The second kappa shape index (κ2) is 8.59. The SMILES string of the molecule is COc1ccc(NP(=O)(Oc2ccc(C)cc2)Oc2ccc(C)cc2)cc1Cl. The van der Waals surface area contributed by atoms with E-state index < -0.39 is 7.75 Å². The summed E-state index contributed by atoms with van der Waals surface area (Å²) in [6.07, 6.45) is 0. The molecule has 0 aliphatic heterocycles. The average Bonchev–Trinajstić information content (AvgIpc) is 2.66. The van der Waals surface area contributed by atoms with Crippen LogP contribution in [0.1, 0.15) is 11.1 Å². The first kappa shape index (κ1) is 20.1. The molecule has 146 valence electrons. The number of aryl methyl sites for hydroxylation is 2. The lowest BCUT2D eigenvalue weighted by Crippen LogP contribution is -2.10. The molecule has 0 heterocycles. The van der Waals surface area contributed by atoms with Gasteiger partial charge in [0.25, 0.3) is 0 Å². The second-order valence-electron chi connectivity index (χ2n) is 6.27. The van der Waals surface area contributed by atoms with Crippen LogP contribution in [0.15, 0.2) is 66.7 Å². The number of rotatable bonds is 7. The first-order valence-corrected chi connectivity index (χ1v) is 10.5. The van der Waals surface area contributed by atoms with Crippen LogP contribution in [0.2, 0.25) is 5.02 Å². The van der Waals surface area contributed by atoms with E-state index in [0.29, 0.717) is 28.0 Å². The second-order valence-corrected chi connectivity index (χ2v) is 8.26. The van der Waals surface area contributed by atoms with Crippen LogP contribution in [0.5, 0.6) is 17.2 Å². The van der Waals surface area contributed by atoms with Gasteiger partial charge in [0.05, 0.1) is 12.1 Å². The fourth-order valence-corrected chi connectivity index (χ4v) is 4.07. The van der Waals surface area contributed by atoms with Crippen LogP contribution in [0.3, 0.4) is 0 Å². The summed E-state index contributed by atoms with van der Waals surface area (Å²) in [5, 5.41) is 3.22. The van der Waals surface area contributed by atoms with E-state index in [2.05, 4.69) is 5.09 Å². The molecule has 0 aliphatic carbocycles. The molecule has 0 saturated heterocycles. The molecule has 3 aromatic rings. The number of halogens is 1. The van der Waals surface area contributed by atoms with Gasteiger partial charge < -0.3 is 13.8 Å². The molecule has 0 bridgehead atoms. The van der Waals surface area contributed by atoms with Gasteiger partial charge in [0.1, 0.15) is 17.2 Å². The molecule has 3 aromatic carbocycles. The monoisotopic (exact) mass is 417 g/mol. The Morgan fingerprint density at radius 2 is 1.32 bits per heavy atom. The maximum atomic E-state index is 13.5. The molecule has 7 heteroatoms. The highest BCUT2D eigenvalue weighted by Crippen LogP contribution is 2.49. The maximum absolute atomic E-state index is 13.5. The molecule has 0 atom stereocenters. The van der Waals surface area contributed by atoms with E-state index in [-0.39, 0.29) is 0 Å². The quantitative estimate of drug-likeness (QED) is 0.436. The van der Waals surface area contributed by atoms with E-state index in [4.69, 9.17) is 25.4 Å². The molecule has 0 radical (unpaired) electrons. The average molecular weight is 418 g/mol. The summed E-state index contributed by atoms with van der Waals surface area (Å²) in [6.45, 7) is 3.92. The molecule has 0 aliphatic rings. The number of hydrogen-bond acceptors (Lipinski definition) is 4. The molecular weight excluding hydrogens is 397 g/mol. The maximum Gasteiger partial charge on any atom is 0.541 e. The van der Waals surface area contributed by atoms with Crippen molar-refractivity contribution >= 4 is 25.0 Å². The Hall–Kier alpha value is -2.62. The highest BCUT2D eigenvalue weighted by molar-refractivity contribution is 7.56. The Labute approximate surface area is 169 Å². The first-order valence-electron chi connectivity index (χ1n) is 8.61. The van der Waals surface area contributed by atoms with E-state index in [1.807, 2.05) is 38.1 Å². The molecule has 0 aromatic heterocycles. The zero-order chi connectivity index (χ0) is 20.1. The number of nitrogens with one attached hydrogen (secondary N) is 1. The molecule has 0 amide bonds. The van der Waals surface area contributed by atoms with Crippen molar-refractivity contribution in [3.8, 4) is 17.2 Å². The van der Waals surface area contributed by atoms with Crippen LogP contribution in [0, 0.1) is 13.8 Å². The number of ether oxygens (including phenoxy) is 1. The zero-order valence-corrected chi connectivity index (χ0v) is 17.5. The van der Waals surface area contributed by atoms with Gasteiger partial charge in [0.15, 0.2) is 0 Å². The van der Waals surface area contributed by atoms with Gasteiger partial charge in [-0.25, -0.2) is 4.57 Å². The van der Waals surface area contributed by atoms with Crippen molar-refractivity contribution in [1.82, 2.24) is 0 Å². The Morgan fingerprint density at radius 1 is 0.821 bits per heavy atom. The van der Waals surface area contributed by atoms with Gasteiger partial charge in [-0.2, -0.15) is 0 Å². The van der Waals surface area contributed by atoms with Gasteiger partial charge in [0.2, 0.25) is 0 Å². The highest BCUT2D eigenvalue weighted by atomic mass is 35.5. The van der Waals surface area contributed by atoms with Gasteiger partial charge in [-0.15, -0.1) is 0 Å². The molecule has 0 saturated carbocycles. The Balaban J connectivity index is 1.90. The predicted molar refractivity (Wildman–Crippen MR) is 113 cm³/mol. The van der Waals surface area contributed by atoms with Gasteiger partial charge in [-0.05, 0) is 56.3 Å². The van der Waals surface area contributed by atoms with E-state index in [9.17, 15) is 4.57 Å². The molecule has 28 heavy (non-hydrogen) atoms. The standard InChI is InChI=1S/C21H21ClNO4P/c1-15-4-9-18(10-5-15)26-28(24,27-19-11-6-16(2)7-12-19)23-17-8-13-21(25-3)20(22)14-17/h4-14H,1-3H3,(H,23,24). The predicted octanol–water partition coefficient (Wildman–Crippen LogP) is 6.64. The highest BCUT2D eigenvalue weighted by Gasteiger charge is 2.29. The smallest absolute Gasteiger partial charge is 0.495 e. The minimum Gasteiger partial charge on any atom is -0.495 e. The van der Waals surface area contributed by atoms with E-state index in [1.54, 1.807) is 42.5 Å². The van der Waals surface area contributed by atoms with Crippen molar-refractivity contribution in [2.24, 2.45) is 0 Å². The van der Waals surface area contributed by atoms with Crippen LogP contribution in [-0.2, 0) is 4.57 Å². The van der Waals surface area contributed by atoms with Crippen molar-refractivity contribution < 1.29 is 18.3 Å². The normalized spacial score (nSPS) is 11.0. The van der Waals surface area contributed by atoms with Crippen LogP contribution in [-0.4, -0.2) is 7.11 Å². The van der Waals surface area contributed by atoms with E-state index in [1.165, 1.54) is 7.11 Å². The third-order valence-corrected chi connectivity index (χ3v) is 5.64. The van der Waals surface area contributed by atoms with Gasteiger partial charge in [-0.3, -0.25) is 5.09 Å². The van der Waals surface area contributed by atoms with Gasteiger partial charge >= 0.3 is 7.75 Å². The Morgan fingerprint density at radius 3 is 1.75 bits per heavy atom. The lowest BCUT2D eigenvalue weighted by atomic mass is 10.2. The molecule has 1 N–H and O–H groups in total. The van der Waals surface area contributed by atoms with E-state index in [0.717, 1.165) is 11.1 Å². The summed E-state index contributed by atoms with van der Waals surface area (Å²) >= 11 is 6.18. The summed E-state index contributed by atoms with van der Waals surface area (Å²) in [5.41, 5.74) is 2.61. The zero-order valence-electron chi connectivity index (χ0n) is 15.8. The van der Waals surface area contributed by atoms with Crippen molar-refractivity contribution in [3.63, 3.8) is 0 Å². The largest absolute Gasteiger partial charge is 0.541 e. The molecule has 3 rings (SSSR count). The van der Waals surface area contributed by atoms with Crippen LogP contribution < -0.4 is 18.9 Å². The van der Waals surface area contributed by atoms with Crippen LogP contribution in [0.25, 0.3) is 0 Å². The minimum atomic E-state index is -3.81. The van der Waals surface area contributed by atoms with E-state index >= 15 is 0 Å². The number of hydrogen-bond donors (Lipinski definition) is 1. The number of benzene rings is 3. The fourth-order valence-electron chi connectivity index (χ4n) is 2.43. The third kappa shape index (κ3) is 5.22. The van der Waals surface area contributed by atoms with Crippen molar-refractivity contribution in [2.75, 3.05) is 12.2 Å². The number of methoxy groups -OCH3 is 1.